The van der Waals surface area contributed by atoms with Gasteiger partial charge in [0.05, 0.1) is 79.3 Å². The van der Waals surface area contributed by atoms with E-state index in [-0.39, 0.29) is 12.7 Å². The van der Waals surface area contributed by atoms with Gasteiger partial charge in [-0.15, -0.1) is 0 Å². The van der Waals surface area contributed by atoms with Gasteiger partial charge in [0.25, 0.3) is 0 Å². The Labute approximate surface area is 238 Å². The fourth-order valence-electron chi connectivity index (χ4n) is 2.83. The summed E-state index contributed by atoms with van der Waals surface area (Å²) in [6, 6.07) is 9.49. The van der Waals surface area contributed by atoms with Crippen LogP contribution in [0.25, 0.3) is 0 Å². The van der Waals surface area contributed by atoms with Gasteiger partial charge >= 0.3 is 12.2 Å². The van der Waals surface area contributed by atoms with E-state index in [0.717, 1.165) is 5.56 Å². The number of nitrogens with one attached hydrogen (secondary N) is 1. The van der Waals surface area contributed by atoms with Gasteiger partial charge in [-0.3, -0.25) is 0 Å². The highest BCUT2D eigenvalue weighted by Gasteiger charge is 2.19. The number of nitrogens with zero attached hydrogens (tertiary/aromatic N) is 1. The maximum absolute atomic E-state index is 11.8. The summed E-state index contributed by atoms with van der Waals surface area (Å²) >= 11 is 0. The van der Waals surface area contributed by atoms with E-state index in [2.05, 4.69) is 5.32 Å². The number of carbonyl (C=O) groups excluding carboxylic acids is 2. The number of hydrogen-bond acceptors (Lipinski definition) is 10. The molecule has 0 aliphatic rings. The minimum atomic E-state index is -0.511. The third-order valence-corrected chi connectivity index (χ3v) is 4.86. The van der Waals surface area contributed by atoms with Crippen LogP contribution in [0.3, 0.4) is 0 Å². The van der Waals surface area contributed by atoms with E-state index in [1.807, 2.05) is 51.1 Å². The molecule has 0 spiro atoms. The molecule has 0 atom stereocenters. The molecule has 0 aliphatic heterocycles. The SMILES string of the molecule is CN(CCOCCOCCOCCOCCOCCOCCNC(=O)OCc1ccccc1)C(=O)OC(C)(C)C. The lowest BCUT2D eigenvalue weighted by Crippen LogP contribution is -2.36. The molecule has 0 radical (unpaired) electrons. The van der Waals surface area contributed by atoms with Crippen LogP contribution in [0.2, 0.25) is 0 Å². The molecule has 1 aromatic carbocycles. The molecular weight excluding hydrogens is 524 g/mol. The Kier molecular flexibility index (Phi) is 20.7. The van der Waals surface area contributed by atoms with Gasteiger partial charge in [-0.25, -0.2) is 9.59 Å². The summed E-state index contributed by atoms with van der Waals surface area (Å²) in [5, 5.41) is 2.63. The molecule has 1 N–H and O–H groups in total. The maximum Gasteiger partial charge on any atom is 0.410 e. The number of benzene rings is 1. The van der Waals surface area contributed by atoms with Crippen molar-refractivity contribution in [2.75, 3.05) is 99.4 Å². The summed E-state index contributed by atoms with van der Waals surface area (Å²) in [4.78, 5) is 24.9. The molecule has 0 heterocycles. The molecule has 12 heteroatoms. The van der Waals surface area contributed by atoms with Crippen LogP contribution in [0.4, 0.5) is 9.59 Å². The van der Waals surface area contributed by atoms with Crippen LogP contribution in [-0.2, 0) is 44.5 Å². The summed E-state index contributed by atoms with van der Waals surface area (Å²) in [6.07, 6.45) is -0.840. The first-order valence-corrected chi connectivity index (χ1v) is 13.6. The normalized spacial score (nSPS) is 11.3. The summed E-state index contributed by atoms with van der Waals surface area (Å²) < 4.78 is 43.0. The van der Waals surface area contributed by atoms with Crippen molar-refractivity contribution in [2.45, 2.75) is 33.0 Å². The second-order valence-corrected chi connectivity index (χ2v) is 9.56. The van der Waals surface area contributed by atoms with E-state index in [1.54, 1.807) is 7.05 Å². The first-order valence-electron chi connectivity index (χ1n) is 13.6. The third-order valence-electron chi connectivity index (χ3n) is 4.86. The van der Waals surface area contributed by atoms with Gasteiger partial charge in [-0.05, 0) is 26.3 Å². The molecule has 0 bridgehead atoms. The van der Waals surface area contributed by atoms with Crippen LogP contribution in [-0.4, -0.2) is 122 Å². The Morgan fingerprint density at radius 2 is 1.15 bits per heavy atom. The number of rotatable bonds is 23. The zero-order chi connectivity index (χ0) is 29.3. The van der Waals surface area contributed by atoms with Gasteiger partial charge in [-0.2, -0.15) is 0 Å². The highest BCUT2D eigenvalue weighted by molar-refractivity contribution is 5.67. The number of hydrogen-bond donors (Lipinski definition) is 1. The Bertz CT molecular complexity index is 761. The van der Waals surface area contributed by atoms with Gasteiger partial charge in [0.15, 0.2) is 0 Å². The average molecular weight is 573 g/mol. The first kappa shape index (κ1) is 35.5. The van der Waals surface area contributed by atoms with Crippen LogP contribution < -0.4 is 5.32 Å². The highest BCUT2D eigenvalue weighted by Crippen LogP contribution is 2.08. The number of amides is 2. The number of alkyl carbamates (subject to hydrolysis) is 1. The third kappa shape index (κ3) is 22.3. The Morgan fingerprint density at radius 3 is 1.62 bits per heavy atom. The van der Waals surface area contributed by atoms with E-state index >= 15 is 0 Å². The molecular formula is C28H48N2O10. The second kappa shape index (κ2) is 23.2. The zero-order valence-electron chi connectivity index (χ0n) is 24.5. The molecule has 0 saturated heterocycles. The molecule has 1 aromatic rings. The van der Waals surface area contributed by atoms with E-state index in [0.29, 0.717) is 92.4 Å². The average Bonchev–Trinajstić information content (AvgIpc) is 2.92. The smallest absolute Gasteiger partial charge is 0.410 e. The van der Waals surface area contributed by atoms with Crippen LogP contribution in [0.1, 0.15) is 26.3 Å². The Hall–Kier alpha value is -2.48. The molecule has 0 aliphatic carbocycles. The lowest BCUT2D eigenvalue weighted by molar-refractivity contribution is -0.0177. The fourth-order valence-corrected chi connectivity index (χ4v) is 2.83. The van der Waals surface area contributed by atoms with Crippen LogP contribution in [0, 0.1) is 0 Å². The van der Waals surface area contributed by atoms with E-state index in [4.69, 9.17) is 37.9 Å². The van der Waals surface area contributed by atoms with Crippen molar-refractivity contribution < 1.29 is 47.5 Å². The molecule has 12 nitrogen and oxygen atoms in total. The largest absolute Gasteiger partial charge is 0.445 e. The molecule has 0 aromatic heterocycles. The number of carbonyl (C=O) groups is 2. The van der Waals surface area contributed by atoms with Crippen molar-refractivity contribution in [3.63, 3.8) is 0 Å². The maximum atomic E-state index is 11.8. The highest BCUT2D eigenvalue weighted by atomic mass is 16.6. The summed E-state index contributed by atoms with van der Waals surface area (Å²) in [6.45, 7) is 11.9. The molecule has 0 unspecified atom stereocenters. The minimum Gasteiger partial charge on any atom is -0.445 e. The Morgan fingerprint density at radius 1 is 0.700 bits per heavy atom. The van der Waals surface area contributed by atoms with Gasteiger partial charge in [0.2, 0.25) is 0 Å². The molecule has 2 amide bonds. The van der Waals surface area contributed by atoms with Crippen molar-refractivity contribution in [1.82, 2.24) is 10.2 Å². The summed E-state index contributed by atoms with van der Waals surface area (Å²) in [5.74, 6) is 0. The quantitative estimate of drug-likeness (QED) is 0.196. The van der Waals surface area contributed by atoms with Crippen molar-refractivity contribution in [3.8, 4) is 0 Å². The Balaban J connectivity index is 1.74. The van der Waals surface area contributed by atoms with E-state index in [9.17, 15) is 9.59 Å². The predicted octanol–water partition coefficient (Wildman–Crippen LogP) is 2.88. The standard InChI is InChI=1S/C28H48N2O10/c1-28(2,3)40-27(32)30(4)11-13-34-15-17-36-19-21-38-23-22-37-20-18-35-16-14-33-12-10-29-26(31)39-24-25-8-6-5-7-9-25/h5-9H,10-24H2,1-4H3,(H,29,31). The fraction of sp³-hybridized carbons (Fsp3) is 0.714. The van der Waals surface area contributed by atoms with Crippen molar-refractivity contribution >= 4 is 12.2 Å². The topological polar surface area (TPSA) is 123 Å². The second-order valence-electron chi connectivity index (χ2n) is 9.56. The van der Waals surface area contributed by atoms with Crippen LogP contribution in [0.15, 0.2) is 30.3 Å². The molecule has 1 rings (SSSR count). The molecule has 40 heavy (non-hydrogen) atoms. The lowest BCUT2D eigenvalue weighted by Gasteiger charge is -2.24. The minimum absolute atomic E-state index is 0.236. The van der Waals surface area contributed by atoms with Gasteiger partial charge in [0.1, 0.15) is 12.2 Å². The molecule has 0 fully saturated rings. The van der Waals surface area contributed by atoms with Crippen molar-refractivity contribution in [2.24, 2.45) is 0 Å². The molecule has 0 saturated carbocycles. The number of likely N-dealkylation sites (N-methyl/N-ethyl adjacent to an activating group) is 1. The zero-order valence-corrected chi connectivity index (χ0v) is 24.5. The lowest BCUT2D eigenvalue weighted by atomic mass is 10.2. The monoisotopic (exact) mass is 572 g/mol. The number of ether oxygens (including phenoxy) is 8. The van der Waals surface area contributed by atoms with Gasteiger partial charge in [-0.1, -0.05) is 30.3 Å². The first-order chi connectivity index (χ1) is 19.3. The van der Waals surface area contributed by atoms with E-state index < -0.39 is 11.7 Å². The summed E-state index contributed by atoms with van der Waals surface area (Å²) in [7, 11) is 1.68. The van der Waals surface area contributed by atoms with E-state index in [1.165, 1.54) is 4.90 Å². The van der Waals surface area contributed by atoms with Gasteiger partial charge < -0.3 is 48.1 Å². The van der Waals surface area contributed by atoms with Crippen molar-refractivity contribution in [1.29, 1.82) is 0 Å². The van der Waals surface area contributed by atoms with Crippen LogP contribution >= 0.6 is 0 Å². The van der Waals surface area contributed by atoms with Crippen molar-refractivity contribution in [3.05, 3.63) is 35.9 Å². The predicted molar refractivity (Wildman–Crippen MR) is 148 cm³/mol. The van der Waals surface area contributed by atoms with Crippen LogP contribution in [0.5, 0.6) is 0 Å². The van der Waals surface area contributed by atoms with Gasteiger partial charge in [0, 0.05) is 20.1 Å². The molecule has 230 valence electrons. The summed E-state index contributed by atoms with van der Waals surface area (Å²) in [5.41, 5.74) is 0.425.